The van der Waals surface area contributed by atoms with Crippen LogP contribution in [-0.2, 0) is 11.3 Å². The SMILES string of the molecule is CCCCC(CC)CN(Cc1ccccc1C(=O)O)C(=O)OCC. The molecule has 1 aromatic carbocycles. The first-order valence-electron chi connectivity index (χ1n) is 8.76. The highest BCUT2D eigenvalue weighted by molar-refractivity contribution is 5.89. The van der Waals surface area contributed by atoms with Gasteiger partial charge in [-0.25, -0.2) is 9.59 Å². The molecule has 0 aliphatic heterocycles. The highest BCUT2D eigenvalue weighted by Crippen LogP contribution is 2.18. The van der Waals surface area contributed by atoms with Crippen LogP contribution in [0.2, 0.25) is 0 Å². The fourth-order valence-corrected chi connectivity index (χ4v) is 2.72. The molecule has 0 fully saturated rings. The Balaban J connectivity index is 2.94. The molecule has 1 atom stereocenters. The first-order valence-corrected chi connectivity index (χ1v) is 8.76. The minimum Gasteiger partial charge on any atom is -0.478 e. The van der Waals surface area contributed by atoms with Gasteiger partial charge in [0.1, 0.15) is 0 Å². The zero-order valence-electron chi connectivity index (χ0n) is 15.0. The first-order chi connectivity index (χ1) is 11.5. The smallest absolute Gasteiger partial charge is 0.410 e. The van der Waals surface area contributed by atoms with Gasteiger partial charge in [0, 0.05) is 13.1 Å². The molecule has 0 aliphatic rings. The van der Waals surface area contributed by atoms with Gasteiger partial charge in [-0.2, -0.15) is 0 Å². The van der Waals surface area contributed by atoms with Crippen LogP contribution >= 0.6 is 0 Å². The Hall–Kier alpha value is -2.04. The largest absolute Gasteiger partial charge is 0.478 e. The van der Waals surface area contributed by atoms with E-state index < -0.39 is 5.97 Å². The highest BCUT2D eigenvalue weighted by atomic mass is 16.6. The molecule has 5 nitrogen and oxygen atoms in total. The third-order valence-corrected chi connectivity index (χ3v) is 4.16. The minimum atomic E-state index is -0.979. The van der Waals surface area contributed by atoms with Crippen LogP contribution in [0.3, 0.4) is 0 Å². The van der Waals surface area contributed by atoms with Crippen LogP contribution in [0.15, 0.2) is 24.3 Å². The van der Waals surface area contributed by atoms with Gasteiger partial charge in [-0.3, -0.25) is 0 Å². The lowest BCUT2D eigenvalue weighted by Gasteiger charge is -2.27. The van der Waals surface area contributed by atoms with Gasteiger partial charge in [-0.15, -0.1) is 0 Å². The molecule has 134 valence electrons. The molecule has 0 spiro atoms. The Labute approximate surface area is 144 Å². The fraction of sp³-hybridized carbons (Fsp3) is 0.579. The number of hydrogen-bond donors (Lipinski definition) is 1. The van der Waals surface area contributed by atoms with Gasteiger partial charge < -0.3 is 14.7 Å². The van der Waals surface area contributed by atoms with Gasteiger partial charge in [0.25, 0.3) is 0 Å². The van der Waals surface area contributed by atoms with Gasteiger partial charge in [-0.05, 0) is 30.9 Å². The number of carbonyl (C=O) groups excluding carboxylic acids is 1. The lowest BCUT2D eigenvalue weighted by Crippen LogP contribution is -2.35. The number of benzene rings is 1. The summed E-state index contributed by atoms with van der Waals surface area (Å²) in [6, 6.07) is 6.80. The van der Waals surface area contributed by atoms with Gasteiger partial charge in [0.15, 0.2) is 0 Å². The number of hydrogen-bond acceptors (Lipinski definition) is 3. The van der Waals surface area contributed by atoms with Crippen molar-refractivity contribution in [2.45, 2.75) is 53.0 Å². The monoisotopic (exact) mass is 335 g/mol. The quantitative estimate of drug-likeness (QED) is 0.680. The van der Waals surface area contributed by atoms with Crippen LogP contribution < -0.4 is 0 Å². The molecule has 1 aromatic rings. The number of aromatic carboxylic acids is 1. The molecule has 0 radical (unpaired) electrons. The van der Waals surface area contributed by atoms with E-state index >= 15 is 0 Å². The molecule has 24 heavy (non-hydrogen) atoms. The Bertz CT molecular complexity index is 530. The van der Waals surface area contributed by atoms with E-state index in [-0.39, 0.29) is 18.2 Å². The summed E-state index contributed by atoms with van der Waals surface area (Å²) in [7, 11) is 0. The van der Waals surface area contributed by atoms with Crippen molar-refractivity contribution in [3.8, 4) is 0 Å². The Morgan fingerprint density at radius 2 is 1.92 bits per heavy atom. The molecule has 1 rings (SSSR count). The zero-order valence-corrected chi connectivity index (χ0v) is 15.0. The zero-order chi connectivity index (χ0) is 17.9. The van der Waals surface area contributed by atoms with Crippen molar-refractivity contribution in [3.63, 3.8) is 0 Å². The van der Waals surface area contributed by atoms with Crippen LogP contribution in [0.1, 0.15) is 62.4 Å². The van der Waals surface area contributed by atoms with E-state index in [1.54, 1.807) is 36.1 Å². The summed E-state index contributed by atoms with van der Waals surface area (Å²) < 4.78 is 5.17. The molecule has 0 heterocycles. The van der Waals surface area contributed by atoms with Crippen molar-refractivity contribution in [1.29, 1.82) is 0 Å². The molecule has 1 unspecified atom stereocenters. The van der Waals surface area contributed by atoms with Crippen LogP contribution in [0.25, 0.3) is 0 Å². The van der Waals surface area contributed by atoms with E-state index in [1.165, 1.54) is 0 Å². The molecular formula is C19H29NO4. The topological polar surface area (TPSA) is 66.8 Å². The second-order valence-corrected chi connectivity index (χ2v) is 5.96. The summed E-state index contributed by atoms with van der Waals surface area (Å²) in [6.45, 7) is 7.19. The third kappa shape index (κ3) is 6.22. The normalized spacial score (nSPS) is 11.8. The van der Waals surface area contributed by atoms with E-state index in [0.717, 1.165) is 25.7 Å². The van der Waals surface area contributed by atoms with Crippen LogP contribution in [-0.4, -0.2) is 35.2 Å². The number of carbonyl (C=O) groups is 2. The molecule has 0 saturated heterocycles. The van der Waals surface area contributed by atoms with E-state index in [4.69, 9.17) is 4.74 Å². The number of unbranched alkanes of at least 4 members (excludes halogenated alkanes) is 1. The lowest BCUT2D eigenvalue weighted by molar-refractivity contribution is 0.0690. The summed E-state index contributed by atoms with van der Waals surface area (Å²) in [5.74, 6) is -0.584. The van der Waals surface area contributed by atoms with E-state index in [9.17, 15) is 14.7 Å². The van der Waals surface area contributed by atoms with Crippen LogP contribution in [0, 0.1) is 5.92 Å². The standard InChI is InChI=1S/C19H29NO4/c1-4-7-10-15(5-2)13-20(19(23)24-6-3)14-16-11-8-9-12-17(16)18(21)22/h8-9,11-12,15H,4-7,10,13-14H2,1-3H3,(H,21,22). The maximum Gasteiger partial charge on any atom is 0.410 e. The Kier molecular flexibility index (Phi) is 8.90. The minimum absolute atomic E-state index is 0.230. The summed E-state index contributed by atoms with van der Waals surface area (Å²) in [5, 5.41) is 9.33. The predicted octanol–water partition coefficient (Wildman–Crippen LogP) is 4.56. The van der Waals surface area contributed by atoms with Crippen molar-refractivity contribution in [3.05, 3.63) is 35.4 Å². The van der Waals surface area contributed by atoms with Crippen molar-refractivity contribution in [2.75, 3.05) is 13.2 Å². The van der Waals surface area contributed by atoms with Crippen molar-refractivity contribution >= 4 is 12.1 Å². The van der Waals surface area contributed by atoms with E-state index in [1.807, 2.05) is 0 Å². The molecule has 0 saturated carbocycles. The van der Waals surface area contributed by atoms with Crippen molar-refractivity contribution in [2.24, 2.45) is 5.92 Å². The summed E-state index contributed by atoms with van der Waals surface area (Å²) >= 11 is 0. The number of nitrogens with zero attached hydrogens (tertiary/aromatic N) is 1. The predicted molar refractivity (Wildman–Crippen MR) is 94.1 cm³/mol. The molecule has 0 bridgehead atoms. The summed E-state index contributed by atoms with van der Waals surface area (Å²) in [5.41, 5.74) is 0.858. The Morgan fingerprint density at radius 3 is 2.50 bits per heavy atom. The average molecular weight is 335 g/mol. The lowest BCUT2D eigenvalue weighted by atomic mass is 9.98. The second-order valence-electron chi connectivity index (χ2n) is 5.96. The maximum atomic E-state index is 12.3. The summed E-state index contributed by atoms with van der Waals surface area (Å²) in [4.78, 5) is 25.3. The number of amides is 1. The van der Waals surface area contributed by atoms with E-state index in [2.05, 4.69) is 13.8 Å². The fourth-order valence-electron chi connectivity index (χ4n) is 2.72. The molecular weight excluding hydrogens is 306 g/mol. The van der Waals surface area contributed by atoms with E-state index in [0.29, 0.717) is 24.6 Å². The maximum absolute atomic E-state index is 12.3. The van der Waals surface area contributed by atoms with Gasteiger partial charge in [0.05, 0.1) is 12.2 Å². The second kappa shape index (κ2) is 10.7. The number of rotatable bonds is 10. The van der Waals surface area contributed by atoms with Crippen molar-refractivity contribution < 1.29 is 19.4 Å². The highest BCUT2D eigenvalue weighted by Gasteiger charge is 2.21. The van der Waals surface area contributed by atoms with Crippen LogP contribution in [0.4, 0.5) is 4.79 Å². The van der Waals surface area contributed by atoms with Gasteiger partial charge in [0.2, 0.25) is 0 Å². The molecule has 5 heteroatoms. The number of ether oxygens (including phenoxy) is 1. The molecule has 1 N–H and O–H groups in total. The number of carboxylic acid groups (broad SMARTS) is 1. The molecule has 0 aliphatic carbocycles. The molecule has 1 amide bonds. The third-order valence-electron chi connectivity index (χ3n) is 4.16. The Morgan fingerprint density at radius 1 is 1.21 bits per heavy atom. The summed E-state index contributed by atoms with van der Waals surface area (Å²) in [6.07, 6.45) is 3.91. The van der Waals surface area contributed by atoms with Crippen molar-refractivity contribution in [1.82, 2.24) is 4.90 Å². The van der Waals surface area contributed by atoms with Crippen LogP contribution in [0.5, 0.6) is 0 Å². The number of carboxylic acids is 1. The molecule has 0 aromatic heterocycles. The first kappa shape index (κ1) is 20.0. The average Bonchev–Trinajstić information content (AvgIpc) is 2.58. The van der Waals surface area contributed by atoms with Gasteiger partial charge in [-0.1, -0.05) is 51.3 Å². The van der Waals surface area contributed by atoms with Gasteiger partial charge >= 0.3 is 12.1 Å².